The summed E-state index contributed by atoms with van der Waals surface area (Å²) in [7, 11) is 0. The minimum Gasteiger partial charge on any atom is -0.493 e. The number of benzene rings is 1. The fraction of sp³-hybridized carbons (Fsp3) is 0.565. The Bertz CT molecular complexity index is 604. The fourth-order valence-electron chi connectivity index (χ4n) is 2.73. The first-order valence-corrected chi connectivity index (χ1v) is 11.3. The van der Waals surface area contributed by atoms with Crippen molar-refractivity contribution >= 4 is 23.2 Å². The van der Waals surface area contributed by atoms with Gasteiger partial charge in [-0.1, -0.05) is 62.9 Å². The minimum absolute atomic E-state index is 0.211. The Balaban J connectivity index is 2.42. The van der Waals surface area contributed by atoms with Crippen molar-refractivity contribution in [1.82, 2.24) is 5.48 Å². The van der Waals surface area contributed by atoms with Crippen molar-refractivity contribution in [3.8, 4) is 11.5 Å². The first-order valence-electron chi connectivity index (χ1n) is 10.6. The predicted octanol–water partition coefficient (Wildman–Crippen LogP) is 6.89. The van der Waals surface area contributed by atoms with Gasteiger partial charge in [0.1, 0.15) is 22.6 Å². The van der Waals surface area contributed by atoms with E-state index in [9.17, 15) is 0 Å². The van der Waals surface area contributed by atoms with E-state index in [1.54, 1.807) is 6.08 Å². The number of halogens is 2. The molecule has 0 aliphatic carbocycles. The Morgan fingerprint density at radius 3 is 2.28 bits per heavy atom. The molecule has 1 aromatic carbocycles. The van der Waals surface area contributed by atoms with Crippen LogP contribution in [0.15, 0.2) is 35.0 Å². The van der Waals surface area contributed by atoms with Crippen LogP contribution < -0.4 is 15.0 Å². The second kappa shape index (κ2) is 16.4. The van der Waals surface area contributed by atoms with E-state index >= 15 is 0 Å². The molecule has 6 heteroatoms. The Labute approximate surface area is 186 Å². The molecule has 0 aliphatic rings. The zero-order chi connectivity index (χ0) is 21.3. The lowest BCUT2D eigenvalue weighted by Crippen LogP contribution is -2.09. The van der Waals surface area contributed by atoms with Gasteiger partial charge in [0.05, 0.1) is 13.2 Å². The van der Waals surface area contributed by atoms with Crippen molar-refractivity contribution in [2.75, 3.05) is 19.8 Å². The molecule has 0 unspecified atom stereocenters. The van der Waals surface area contributed by atoms with Gasteiger partial charge in [0.25, 0.3) is 0 Å². The minimum atomic E-state index is 0.211. The molecule has 1 aromatic rings. The van der Waals surface area contributed by atoms with E-state index in [0.29, 0.717) is 19.8 Å². The van der Waals surface area contributed by atoms with Crippen LogP contribution in [0.25, 0.3) is 0 Å². The Hall–Kier alpha value is -1.36. The molecular weight excluding hydrogens is 409 g/mol. The Kier molecular flexibility index (Phi) is 14.6. The van der Waals surface area contributed by atoms with E-state index in [4.69, 9.17) is 37.5 Å². The quantitative estimate of drug-likeness (QED) is 0.223. The lowest BCUT2D eigenvalue weighted by atomic mass is 10.0. The highest BCUT2D eigenvalue weighted by Crippen LogP contribution is 2.31. The topological polar surface area (TPSA) is 39.7 Å². The largest absolute Gasteiger partial charge is 0.493 e. The number of allylic oxidation sites excluding steroid dienone is 1. The Morgan fingerprint density at radius 1 is 0.966 bits per heavy atom. The molecule has 0 heterocycles. The van der Waals surface area contributed by atoms with Crippen LogP contribution in [0, 0.1) is 0 Å². The second-order valence-electron chi connectivity index (χ2n) is 6.65. The molecule has 164 valence electrons. The van der Waals surface area contributed by atoms with Crippen LogP contribution in [-0.4, -0.2) is 19.8 Å². The van der Waals surface area contributed by atoms with Gasteiger partial charge >= 0.3 is 0 Å². The van der Waals surface area contributed by atoms with E-state index in [1.165, 1.54) is 12.8 Å². The van der Waals surface area contributed by atoms with E-state index < -0.39 is 0 Å². The van der Waals surface area contributed by atoms with Crippen LogP contribution in [0.3, 0.4) is 0 Å². The van der Waals surface area contributed by atoms with Crippen LogP contribution in [0.5, 0.6) is 11.5 Å². The van der Waals surface area contributed by atoms with Gasteiger partial charge in [0, 0.05) is 6.20 Å². The lowest BCUT2D eigenvalue weighted by Gasteiger charge is -2.17. The highest BCUT2D eigenvalue weighted by atomic mass is 35.5. The number of nitrogens with one attached hydrogen (secondary N) is 1. The maximum absolute atomic E-state index is 6.12. The summed E-state index contributed by atoms with van der Waals surface area (Å²) in [6.07, 6.45) is 12.7. The zero-order valence-corrected chi connectivity index (χ0v) is 19.5. The van der Waals surface area contributed by atoms with Gasteiger partial charge in [-0.15, -0.1) is 0 Å². The first kappa shape index (κ1) is 25.7. The van der Waals surface area contributed by atoms with Crippen LogP contribution in [0.1, 0.15) is 64.0 Å². The molecule has 0 saturated carbocycles. The average molecular weight is 444 g/mol. The lowest BCUT2D eigenvalue weighted by molar-refractivity contribution is 0.0661. The standard InChI is InChI=1S/C23H35Cl2NO3/c1-4-7-8-9-13-26-29-15-11-10-14-28-23-19(5-2)17-21(18-20(23)6-3)27-16-12-22(24)25/h9,12-13,17-18,26H,4-8,10-11,14-16H2,1-3H3. The molecule has 0 aromatic heterocycles. The van der Waals surface area contributed by atoms with E-state index in [-0.39, 0.29) is 4.49 Å². The average Bonchev–Trinajstić information content (AvgIpc) is 2.71. The molecule has 29 heavy (non-hydrogen) atoms. The third-order valence-electron chi connectivity index (χ3n) is 4.35. The van der Waals surface area contributed by atoms with Gasteiger partial charge in [0.2, 0.25) is 0 Å². The summed E-state index contributed by atoms with van der Waals surface area (Å²) in [4.78, 5) is 5.39. The number of hydroxylamine groups is 1. The number of hydrogen-bond acceptors (Lipinski definition) is 4. The Morgan fingerprint density at radius 2 is 1.66 bits per heavy atom. The summed E-state index contributed by atoms with van der Waals surface area (Å²) in [6, 6.07) is 4.06. The number of hydrogen-bond donors (Lipinski definition) is 1. The summed E-state index contributed by atoms with van der Waals surface area (Å²) < 4.78 is 12.1. The van der Waals surface area contributed by atoms with Gasteiger partial charge in [-0.3, -0.25) is 10.3 Å². The molecule has 4 nitrogen and oxygen atoms in total. The smallest absolute Gasteiger partial charge is 0.125 e. The second-order valence-corrected chi connectivity index (χ2v) is 7.66. The number of unbranched alkanes of at least 4 members (excludes halogenated alkanes) is 3. The molecule has 0 radical (unpaired) electrons. The molecule has 0 spiro atoms. The summed E-state index contributed by atoms with van der Waals surface area (Å²) >= 11 is 11.3. The summed E-state index contributed by atoms with van der Waals surface area (Å²) in [6.45, 7) is 8.10. The van der Waals surface area contributed by atoms with Gasteiger partial charge in [-0.25, -0.2) is 0 Å². The summed E-state index contributed by atoms with van der Waals surface area (Å²) in [5.41, 5.74) is 5.16. The molecule has 0 atom stereocenters. The van der Waals surface area contributed by atoms with E-state index in [2.05, 4.69) is 32.3 Å². The van der Waals surface area contributed by atoms with Crippen LogP contribution in [0.4, 0.5) is 0 Å². The first-order chi connectivity index (χ1) is 14.1. The van der Waals surface area contributed by atoms with Crippen molar-refractivity contribution < 1.29 is 14.3 Å². The summed E-state index contributed by atoms with van der Waals surface area (Å²) in [5.74, 6) is 1.79. The predicted molar refractivity (Wildman–Crippen MR) is 123 cm³/mol. The monoisotopic (exact) mass is 443 g/mol. The van der Waals surface area contributed by atoms with Crippen molar-refractivity contribution in [3.63, 3.8) is 0 Å². The fourth-order valence-corrected chi connectivity index (χ4v) is 2.85. The van der Waals surface area contributed by atoms with Crippen LogP contribution in [-0.2, 0) is 17.7 Å². The van der Waals surface area contributed by atoms with E-state index in [0.717, 1.165) is 54.7 Å². The van der Waals surface area contributed by atoms with Crippen molar-refractivity contribution in [2.45, 2.75) is 65.7 Å². The highest BCUT2D eigenvalue weighted by molar-refractivity contribution is 6.55. The van der Waals surface area contributed by atoms with Crippen molar-refractivity contribution in [1.29, 1.82) is 0 Å². The van der Waals surface area contributed by atoms with Crippen LogP contribution >= 0.6 is 23.2 Å². The molecule has 0 saturated heterocycles. The maximum atomic E-state index is 6.12. The molecule has 0 amide bonds. The third kappa shape index (κ3) is 11.4. The van der Waals surface area contributed by atoms with Gasteiger partial charge in [-0.05, 0) is 61.4 Å². The number of ether oxygens (including phenoxy) is 2. The van der Waals surface area contributed by atoms with Gasteiger partial charge < -0.3 is 9.47 Å². The zero-order valence-electron chi connectivity index (χ0n) is 17.9. The molecule has 1 N–H and O–H groups in total. The molecule has 0 bridgehead atoms. The molecule has 0 fully saturated rings. The van der Waals surface area contributed by atoms with E-state index in [1.807, 2.05) is 18.3 Å². The van der Waals surface area contributed by atoms with Crippen molar-refractivity contribution in [3.05, 3.63) is 46.1 Å². The van der Waals surface area contributed by atoms with Gasteiger partial charge in [0.15, 0.2) is 0 Å². The van der Waals surface area contributed by atoms with Crippen molar-refractivity contribution in [2.24, 2.45) is 0 Å². The van der Waals surface area contributed by atoms with Gasteiger partial charge in [-0.2, -0.15) is 0 Å². The molecule has 1 rings (SSSR count). The van der Waals surface area contributed by atoms with Crippen LogP contribution in [0.2, 0.25) is 0 Å². The highest BCUT2D eigenvalue weighted by Gasteiger charge is 2.11. The third-order valence-corrected chi connectivity index (χ3v) is 4.66. The molecule has 0 aliphatic heterocycles. The summed E-state index contributed by atoms with van der Waals surface area (Å²) in [5, 5.41) is 0. The molecular formula is C23H35Cl2NO3. The number of rotatable bonds is 16. The SMILES string of the molecule is CCCCC=CNOCCCCOc1c(CC)cc(OCC=C(Cl)Cl)cc1CC. The number of aryl methyl sites for hydroxylation is 2. The maximum Gasteiger partial charge on any atom is 0.125 e. The normalized spacial score (nSPS) is 10.9.